The van der Waals surface area contributed by atoms with E-state index in [-0.39, 0.29) is 0 Å². The minimum Gasteiger partial charge on any atom is -0.480 e. The highest BCUT2D eigenvalue weighted by atomic mass is 79.9. The molecule has 0 fully saturated rings. The molecule has 0 aromatic rings. The predicted octanol–water partition coefficient (Wildman–Crippen LogP) is 0.964. The molecule has 0 heterocycles. The van der Waals surface area contributed by atoms with Gasteiger partial charge in [-0.25, -0.2) is 0 Å². The molecule has 10 heavy (non-hydrogen) atoms. The van der Waals surface area contributed by atoms with Gasteiger partial charge in [0.1, 0.15) is 4.83 Å². The molecule has 4 heteroatoms. The molecule has 0 amide bonds. The Kier molecular flexibility index (Phi) is 5.63. The Hall–Kier alpha value is -0.0900. The van der Waals surface area contributed by atoms with Crippen molar-refractivity contribution in [3.05, 3.63) is 0 Å². The van der Waals surface area contributed by atoms with Gasteiger partial charge in [0.2, 0.25) is 0 Å². The first-order valence-corrected chi connectivity index (χ1v) is 4.17. The Labute approximate surface area is 68.7 Å². The van der Waals surface area contributed by atoms with E-state index >= 15 is 0 Å². The first-order chi connectivity index (χ1) is 4.68. The van der Waals surface area contributed by atoms with Crippen molar-refractivity contribution in [2.45, 2.75) is 24.1 Å². The molecule has 1 atom stereocenters. The van der Waals surface area contributed by atoms with E-state index in [0.717, 1.165) is 12.8 Å². The molecule has 0 aliphatic rings. The number of nitrogens with two attached hydrogens (primary N) is 1. The van der Waals surface area contributed by atoms with E-state index in [1.165, 1.54) is 0 Å². The van der Waals surface area contributed by atoms with E-state index in [1.807, 2.05) is 0 Å². The number of alkyl halides is 1. The van der Waals surface area contributed by atoms with Crippen LogP contribution in [0.15, 0.2) is 0 Å². The van der Waals surface area contributed by atoms with Crippen LogP contribution in [0, 0.1) is 0 Å². The average molecular weight is 210 g/mol. The lowest BCUT2D eigenvalue weighted by molar-refractivity contribution is -0.136. The zero-order chi connectivity index (χ0) is 7.98. The van der Waals surface area contributed by atoms with Crippen molar-refractivity contribution in [1.82, 2.24) is 0 Å². The minimum absolute atomic E-state index is 0.404. The molecule has 60 valence electrons. The van der Waals surface area contributed by atoms with Gasteiger partial charge in [0.25, 0.3) is 0 Å². The number of unbranched alkanes of at least 4 members (excludes halogenated alkanes) is 1. The van der Waals surface area contributed by atoms with Crippen LogP contribution in [-0.2, 0) is 4.79 Å². The summed E-state index contributed by atoms with van der Waals surface area (Å²) in [6, 6.07) is 0. The number of carbonyl (C=O) groups is 1. The van der Waals surface area contributed by atoms with Crippen LogP contribution in [0.5, 0.6) is 0 Å². The van der Waals surface area contributed by atoms with E-state index in [0.29, 0.717) is 13.0 Å². The van der Waals surface area contributed by atoms with Gasteiger partial charge in [0.15, 0.2) is 0 Å². The summed E-state index contributed by atoms with van der Waals surface area (Å²) in [6.07, 6.45) is 2.43. The Morgan fingerprint density at radius 2 is 2.20 bits per heavy atom. The van der Waals surface area contributed by atoms with Gasteiger partial charge in [0.05, 0.1) is 0 Å². The van der Waals surface area contributed by atoms with E-state index in [1.54, 1.807) is 0 Å². The first kappa shape index (κ1) is 9.91. The third-order valence-electron chi connectivity index (χ3n) is 1.18. The fourth-order valence-corrected chi connectivity index (χ4v) is 0.915. The third-order valence-corrected chi connectivity index (χ3v) is 2.03. The summed E-state index contributed by atoms with van der Waals surface area (Å²) in [4.78, 5) is 9.81. The van der Waals surface area contributed by atoms with Crippen LogP contribution < -0.4 is 5.73 Å². The van der Waals surface area contributed by atoms with Crippen molar-refractivity contribution in [2.24, 2.45) is 5.73 Å². The predicted molar refractivity (Wildman–Crippen MR) is 43.3 cm³/mol. The Balaban J connectivity index is 3.21. The number of hydrogen-bond donors (Lipinski definition) is 2. The van der Waals surface area contributed by atoms with Crippen LogP contribution in [0.25, 0.3) is 0 Å². The monoisotopic (exact) mass is 209 g/mol. The van der Waals surface area contributed by atoms with Crippen molar-refractivity contribution in [1.29, 1.82) is 0 Å². The summed E-state index contributed by atoms with van der Waals surface area (Å²) < 4.78 is 0. The Morgan fingerprint density at radius 3 is 2.60 bits per heavy atom. The molecule has 0 saturated carbocycles. The highest BCUT2D eigenvalue weighted by Crippen LogP contribution is 2.08. The largest absolute Gasteiger partial charge is 0.480 e. The van der Waals surface area contributed by atoms with E-state index in [2.05, 4.69) is 15.9 Å². The lowest BCUT2D eigenvalue weighted by Crippen LogP contribution is -2.12. The lowest BCUT2D eigenvalue weighted by atomic mass is 10.2. The van der Waals surface area contributed by atoms with Gasteiger partial charge in [-0.05, 0) is 19.4 Å². The van der Waals surface area contributed by atoms with Gasteiger partial charge in [-0.15, -0.1) is 0 Å². The molecule has 0 bridgehead atoms. The van der Waals surface area contributed by atoms with Crippen molar-refractivity contribution in [3.8, 4) is 0 Å². The SMILES string of the molecule is NCCCC[C@@H](Br)C(=O)O. The standard InChI is InChI=1S/C6H12BrNO2/c7-5(6(9)10)3-1-2-4-8/h5H,1-4,8H2,(H,9,10)/t5-/m1/s1. The van der Waals surface area contributed by atoms with Crippen molar-refractivity contribution in [2.75, 3.05) is 6.54 Å². The molecule has 0 radical (unpaired) electrons. The molecule has 0 rings (SSSR count). The van der Waals surface area contributed by atoms with Gasteiger partial charge >= 0.3 is 5.97 Å². The summed E-state index contributed by atoms with van der Waals surface area (Å²) in [5.41, 5.74) is 5.23. The van der Waals surface area contributed by atoms with Gasteiger partial charge in [-0.3, -0.25) is 4.79 Å². The summed E-state index contributed by atoms with van der Waals surface area (Å²) >= 11 is 3.03. The summed E-state index contributed by atoms with van der Waals surface area (Å²) in [7, 11) is 0. The second-order valence-electron chi connectivity index (χ2n) is 2.09. The third kappa shape index (κ3) is 4.76. The quantitative estimate of drug-likeness (QED) is 0.524. The molecule has 3 N–H and O–H groups in total. The number of carboxylic acid groups (broad SMARTS) is 1. The van der Waals surface area contributed by atoms with Crippen molar-refractivity contribution < 1.29 is 9.90 Å². The second kappa shape index (κ2) is 5.68. The zero-order valence-electron chi connectivity index (χ0n) is 5.72. The Bertz CT molecular complexity index is 108. The fourth-order valence-electron chi connectivity index (χ4n) is 0.591. The van der Waals surface area contributed by atoms with Crippen LogP contribution in [0.4, 0.5) is 0 Å². The van der Waals surface area contributed by atoms with Gasteiger partial charge in [-0.1, -0.05) is 22.4 Å². The summed E-state index contributed by atoms with van der Waals surface area (Å²) in [6.45, 7) is 0.638. The molecule has 0 spiro atoms. The van der Waals surface area contributed by atoms with Crippen LogP contribution in [0.2, 0.25) is 0 Å². The molecule has 0 aromatic heterocycles. The fraction of sp³-hybridized carbons (Fsp3) is 0.833. The van der Waals surface area contributed by atoms with Crippen molar-refractivity contribution in [3.63, 3.8) is 0 Å². The second-order valence-corrected chi connectivity index (χ2v) is 3.20. The molecule has 0 aliphatic carbocycles. The van der Waals surface area contributed by atoms with Crippen molar-refractivity contribution >= 4 is 21.9 Å². The first-order valence-electron chi connectivity index (χ1n) is 3.25. The maximum Gasteiger partial charge on any atom is 0.317 e. The maximum atomic E-state index is 10.2. The molecule has 3 nitrogen and oxygen atoms in total. The number of halogens is 1. The summed E-state index contributed by atoms with van der Waals surface area (Å²) in [5, 5.41) is 8.40. The molecule has 0 aromatic carbocycles. The van der Waals surface area contributed by atoms with Gasteiger partial charge in [0, 0.05) is 0 Å². The maximum absolute atomic E-state index is 10.2. The molecular formula is C6H12BrNO2. The number of rotatable bonds is 5. The normalized spacial score (nSPS) is 13.0. The zero-order valence-corrected chi connectivity index (χ0v) is 7.30. The van der Waals surface area contributed by atoms with Gasteiger partial charge < -0.3 is 10.8 Å². The van der Waals surface area contributed by atoms with E-state index in [9.17, 15) is 4.79 Å². The van der Waals surface area contributed by atoms with Crippen LogP contribution in [0.1, 0.15) is 19.3 Å². The molecule has 0 unspecified atom stereocenters. The van der Waals surface area contributed by atoms with Crippen LogP contribution in [-0.4, -0.2) is 22.4 Å². The Morgan fingerprint density at radius 1 is 1.60 bits per heavy atom. The number of hydrogen-bond acceptors (Lipinski definition) is 2. The topological polar surface area (TPSA) is 63.3 Å². The number of aliphatic carboxylic acids is 1. The number of carboxylic acids is 1. The molecule has 0 saturated heterocycles. The van der Waals surface area contributed by atoms with Crippen LogP contribution in [0.3, 0.4) is 0 Å². The smallest absolute Gasteiger partial charge is 0.317 e. The van der Waals surface area contributed by atoms with Crippen LogP contribution >= 0.6 is 15.9 Å². The summed E-state index contributed by atoms with van der Waals surface area (Å²) in [5.74, 6) is -0.794. The molecule has 0 aliphatic heterocycles. The highest BCUT2D eigenvalue weighted by Gasteiger charge is 2.10. The highest BCUT2D eigenvalue weighted by molar-refractivity contribution is 9.10. The van der Waals surface area contributed by atoms with E-state index in [4.69, 9.17) is 10.8 Å². The minimum atomic E-state index is -0.794. The molecular weight excluding hydrogens is 198 g/mol. The van der Waals surface area contributed by atoms with Gasteiger partial charge in [-0.2, -0.15) is 0 Å². The van der Waals surface area contributed by atoms with E-state index < -0.39 is 10.8 Å². The lowest BCUT2D eigenvalue weighted by Gasteiger charge is -2.01. The average Bonchev–Trinajstić information content (AvgIpc) is 1.88.